The molecule has 5 nitrogen and oxygen atoms in total. The molecule has 0 spiro atoms. The van der Waals surface area contributed by atoms with Gasteiger partial charge in [0.1, 0.15) is 17.0 Å². The zero-order chi connectivity index (χ0) is 19.8. The number of hydrogen-bond donors (Lipinski definition) is 1. The zero-order valence-electron chi connectivity index (χ0n) is 17.0. The number of pyridine rings is 2. The third-order valence-corrected chi connectivity index (χ3v) is 5.38. The molecule has 0 saturated heterocycles. The van der Waals surface area contributed by atoms with Crippen LogP contribution in [0.3, 0.4) is 0 Å². The zero-order valence-corrected chi connectivity index (χ0v) is 17.0. The van der Waals surface area contributed by atoms with Crippen molar-refractivity contribution >= 4 is 11.0 Å². The van der Waals surface area contributed by atoms with Gasteiger partial charge in [0.05, 0.1) is 10.9 Å². The molecule has 0 aromatic carbocycles. The molecule has 1 aliphatic heterocycles. The molecule has 0 bridgehead atoms. The fourth-order valence-electron chi connectivity index (χ4n) is 4.07. The van der Waals surface area contributed by atoms with Gasteiger partial charge >= 0.3 is 0 Å². The summed E-state index contributed by atoms with van der Waals surface area (Å²) in [6, 6.07) is 4.03. The van der Waals surface area contributed by atoms with E-state index in [-0.39, 0.29) is 18.1 Å². The van der Waals surface area contributed by atoms with E-state index >= 15 is 0 Å². The molecule has 146 valence electrons. The van der Waals surface area contributed by atoms with E-state index in [9.17, 15) is 9.90 Å². The van der Waals surface area contributed by atoms with Gasteiger partial charge < -0.3 is 9.84 Å². The Morgan fingerprint density at radius 3 is 2.74 bits per heavy atom. The Morgan fingerprint density at radius 2 is 2.15 bits per heavy atom. The van der Waals surface area contributed by atoms with Gasteiger partial charge in [-0.3, -0.25) is 9.36 Å². The van der Waals surface area contributed by atoms with Crippen LogP contribution in [0.15, 0.2) is 28.6 Å². The first-order chi connectivity index (χ1) is 12.8. The lowest BCUT2D eigenvalue weighted by molar-refractivity contribution is 0.0349. The number of fused-ring (bicyclic) bond motifs is 3. The summed E-state index contributed by atoms with van der Waals surface area (Å²) < 4.78 is 8.16. The molecule has 2 aromatic rings. The molecular formula is C22H30N2O3. The second kappa shape index (κ2) is 7.47. The number of allylic oxidation sites excluding steroid dienone is 2. The number of rotatable bonds is 5. The van der Waals surface area contributed by atoms with Crippen molar-refractivity contribution in [3.63, 3.8) is 0 Å². The van der Waals surface area contributed by atoms with Crippen molar-refractivity contribution in [2.75, 3.05) is 6.61 Å². The summed E-state index contributed by atoms with van der Waals surface area (Å²) in [7, 11) is 0. The third-order valence-electron chi connectivity index (χ3n) is 5.38. The van der Waals surface area contributed by atoms with Gasteiger partial charge in [-0.1, -0.05) is 18.6 Å². The molecule has 0 saturated carbocycles. The molecule has 3 heterocycles. The molecule has 27 heavy (non-hydrogen) atoms. The molecule has 3 rings (SSSR count). The summed E-state index contributed by atoms with van der Waals surface area (Å²) in [5.41, 5.74) is 2.99. The lowest BCUT2D eigenvalue weighted by Crippen LogP contribution is -2.42. The standard InChI is InChI=1S/C22H30N2O3/c1-6-16-8-9-17-19-18(21(26)24(7-2)20(17)23-16)15(12-14(3)4)13-22(5,27-19)10-11-25/h8-9,12,15,25H,6-7,10-11,13H2,1-5H3. The third kappa shape index (κ3) is 3.53. The first-order valence-corrected chi connectivity index (χ1v) is 9.84. The summed E-state index contributed by atoms with van der Waals surface area (Å²) in [6.45, 7) is 10.8. The average molecular weight is 370 g/mol. The van der Waals surface area contributed by atoms with Crippen LogP contribution in [-0.4, -0.2) is 26.9 Å². The average Bonchev–Trinajstić information content (AvgIpc) is 2.60. The van der Waals surface area contributed by atoms with Gasteiger partial charge in [-0.05, 0) is 52.7 Å². The molecule has 2 atom stereocenters. The van der Waals surface area contributed by atoms with Crippen LogP contribution < -0.4 is 10.3 Å². The van der Waals surface area contributed by atoms with Crippen LogP contribution in [0.25, 0.3) is 11.0 Å². The minimum Gasteiger partial charge on any atom is -0.486 e. The Labute approximate surface area is 160 Å². The molecule has 0 aliphatic carbocycles. The summed E-state index contributed by atoms with van der Waals surface area (Å²) in [5, 5.41) is 10.4. The van der Waals surface area contributed by atoms with Gasteiger partial charge in [0.15, 0.2) is 0 Å². The largest absolute Gasteiger partial charge is 0.486 e. The Morgan fingerprint density at radius 1 is 1.41 bits per heavy atom. The highest BCUT2D eigenvalue weighted by molar-refractivity contribution is 5.84. The van der Waals surface area contributed by atoms with Gasteiger partial charge in [-0.25, -0.2) is 4.98 Å². The van der Waals surface area contributed by atoms with E-state index in [1.54, 1.807) is 4.57 Å². The normalized spacial score (nSPS) is 21.6. The number of aryl methyl sites for hydroxylation is 2. The van der Waals surface area contributed by atoms with Crippen molar-refractivity contribution in [3.8, 4) is 5.75 Å². The first-order valence-electron chi connectivity index (χ1n) is 9.84. The second-order valence-corrected chi connectivity index (χ2v) is 7.90. The fourth-order valence-corrected chi connectivity index (χ4v) is 4.07. The van der Waals surface area contributed by atoms with E-state index in [0.29, 0.717) is 36.3 Å². The van der Waals surface area contributed by atoms with Gasteiger partial charge in [0.25, 0.3) is 5.56 Å². The van der Waals surface area contributed by atoms with Gasteiger partial charge in [0, 0.05) is 31.2 Å². The van der Waals surface area contributed by atoms with Crippen molar-refractivity contribution in [1.82, 2.24) is 9.55 Å². The van der Waals surface area contributed by atoms with E-state index in [0.717, 1.165) is 17.5 Å². The van der Waals surface area contributed by atoms with Crippen LogP contribution in [0.2, 0.25) is 0 Å². The minimum absolute atomic E-state index is 0.0192. The van der Waals surface area contributed by atoms with Crippen LogP contribution >= 0.6 is 0 Å². The van der Waals surface area contributed by atoms with Crippen LogP contribution in [0.4, 0.5) is 0 Å². The van der Waals surface area contributed by atoms with Crippen LogP contribution in [0.5, 0.6) is 5.75 Å². The number of aliphatic hydroxyl groups excluding tert-OH is 1. The number of aromatic nitrogens is 2. The predicted octanol–water partition coefficient (Wildman–Crippen LogP) is 3.95. The monoisotopic (exact) mass is 370 g/mol. The summed E-state index contributed by atoms with van der Waals surface area (Å²) >= 11 is 0. The van der Waals surface area contributed by atoms with Crippen LogP contribution in [0.1, 0.15) is 64.6 Å². The maximum Gasteiger partial charge on any atom is 0.259 e. The molecule has 2 aromatic heterocycles. The molecule has 1 N–H and O–H groups in total. The molecular weight excluding hydrogens is 340 g/mol. The topological polar surface area (TPSA) is 64.4 Å². The highest BCUT2D eigenvalue weighted by Gasteiger charge is 2.39. The van der Waals surface area contributed by atoms with Crippen molar-refractivity contribution in [2.45, 2.75) is 71.9 Å². The van der Waals surface area contributed by atoms with E-state index in [4.69, 9.17) is 9.72 Å². The fraction of sp³-hybridized carbons (Fsp3) is 0.545. The lowest BCUT2D eigenvalue weighted by Gasteiger charge is -2.39. The molecule has 1 aliphatic rings. The van der Waals surface area contributed by atoms with E-state index in [1.807, 2.05) is 39.8 Å². The number of hydrogen-bond acceptors (Lipinski definition) is 4. The lowest BCUT2D eigenvalue weighted by atomic mass is 9.81. The molecule has 0 fully saturated rings. The summed E-state index contributed by atoms with van der Waals surface area (Å²) in [5.74, 6) is 0.607. The SMILES string of the molecule is CCc1ccc2c3c(c(=O)n(CC)c2n1)C(C=C(C)C)CC(C)(CCO)O3. The maximum atomic E-state index is 13.4. The predicted molar refractivity (Wildman–Crippen MR) is 109 cm³/mol. The van der Waals surface area contributed by atoms with Gasteiger partial charge in [0.2, 0.25) is 0 Å². The molecule has 2 unspecified atom stereocenters. The number of ether oxygens (including phenoxy) is 1. The first kappa shape index (κ1) is 19.6. The van der Waals surface area contributed by atoms with Crippen molar-refractivity contribution < 1.29 is 9.84 Å². The highest BCUT2D eigenvalue weighted by Crippen LogP contribution is 2.44. The maximum absolute atomic E-state index is 13.4. The Balaban J connectivity index is 2.37. The second-order valence-electron chi connectivity index (χ2n) is 7.90. The van der Waals surface area contributed by atoms with Gasteiger partial charge in [-0.2, -0.15) is 0 Å². The minimum atomic E-state index is -0.514. The van der Waals surface area contributed by atoms with Crippen molar-refractivity contribution in [2.24, 2.45) is 0 Å². The van der Waals surface area contributed by atoms with Crippen LogP contribution in [-0.2, 0) is 13.0 Å². The highest BCUT2D eigenvalue weighted by atomic mass is 16.5. The Kier molecular flexibility index (Phi) is 5.43. The Hall–Kier alpha value is -2.14. The van der Waals surface area contributed by atoms with Gasteiger partial charge in [-0.15, -0.1) is 0 Å². The van der Waals surface area contributed by atoms with Crippen LogP contribution in [0, 0.1) is 0 Å². The van der Waals surface area contributed by atoms with Crippen molar-refractivity contribution in [3.05, 3.63) is 45.4 Å². The molecule has 0 radical (unpaired) electrons. The summed E-state index contributed by atoms with van der Waals surface area (Å²) in [6.07, 6.45) is 4.17. The van der Waals surface area contributed by atoms with E-state index in [2.05, 4.69) is 13.0 Å². The summed E-state index contributed by atoms with van der Waals surface area (Å²) in [4.78, 5) is 18.1. The van der Waals surface area contributed by atoms with Crippen molar-refractivity contribution in [1.29, 1.82) is 0 Å². The van der Waals surface area contributed by atoms with E-state index in [1.165, 1.54) is 5.57 Å². The molecule has 5 heteroatoms. The number of nitrogens with zero attached hydrogens (tertiary/aromatic N) is 2. The number of aliphatic hydroxyl groups is 1. The Bertz CT molecular complexity index is 941. The quantitative estimate of drug-likeness (QED) is 0.810. The van der Waals surface area contributed by atoms with E-state index < -0.39 is 5.60 Å². The smallest absolute Gasteiger partial charge is 0.259 e. The molecule has 0 amide bonds.